The van der Waals surface area contributed by atoms with Gasteiger partial charge in [0.15, 0.2) is 5.78 Å². The number of carbonyl (C=O) groups excluding carboxylic acids is 1. The van der Waals surface area contributed by atoms with Gasteiger partial charge in [0.2, 0.25) is 0 Å². The Kier molecular flexibility index (Phi) is 3.03. The summed E-state index contributed by atoms with van der Waals surface area (Å²) in [5.41, 5.74) is -0.491. The number of nitrogens with zero attached hydrogens (tertiary/aromatic N) is 1. The third-order valence-electron chi connectivity index (χ3n) is 1.81. The fourth-order valence-corrected chi connectivity index (χ4v) is 1.11. The normalized spacial score (nSPS) is 9.27. The monoisotopic (exact) mass is 205 g/mol. The summed E-state index contributed by atoms with van der Waals surface area (Å²) in [5, 5.41) is 26.4. The molecule has 0 bridgehead atoms. The van der Waals surface area contributed by atoms with Crippen molar-refractivity contribution in [2.24, 2.45) is 0 Å². The molecule has 1 aromatic carbocycles. The maximum absolute atomic E-state index is 11.3. The SMILES string of the molecule is N#CCC(=O)c1cccc(C(=O)O)c1O. The Hall–Kier alpha value is -2.35. The number of Topliss-reactive ketones (excluding diaryl/α,β-unsaturated/α-hetero) is 1. The lowest BCUT2D eigenvalue weighted by atomic mass is 10.0. The summed E-state index contributed by atoms with van der Waals surface area (Å²) in [7, 11) is 0. The summed E-state index contributed by atoms with van der Waals surface area (Å²) in [6.45, 7) is 0. The standard InChI is InChI=1S/C10H7NO4/c11-5-4-8(12)6-2-1-3-7(9(6)13)10(14)15/h1-3,13H,4H2,(H,14,15). The first-order valence-corrected chi connectivity index (χ1v) is 4.03. The largest absolute Gasteiger partial charge is 0.506 e. The minimum Gasteiger partial charge on any atom is -0.506 e. The molecule has 76 valence electrons. The number of carboxylic acid groups (broad SMARTS) is 1. The summed E-state index contributed by atoms with van der Waals surface area (Å²) in [4.78, 5) is 21.9. The van der Waals surface area contributed by atoms with Gasteiger partial charge in [0.25, 0.3) is 0 Å². The highest BCUT2D eigenvalue weighted by atomic mass is 16.4. The van der Waals surface area contributed by atoms with Crippen LogP contribution in [0.25, 0.3) is 0 Å². The van der Waals surface area contributed by atoms with Crippen LogP contribution >= 0.6 is 0 Å². The number of nitriles is 1. The first-order valence-electron chi connectivity index (χ1n) is 4.03. The number of rotatable bonds is 3. The summed E-state index contributed by atoms with van der Waals surface area (Å²) >= 11 is 0. The lowest BCUT2D eigenvalue weighted by Crippen LogP contribution is -2.03. The van der Waals surface area contributed by atoms with Crippen LogP contribution in [0.15, 0.2) is 18.2 Å². The Morgan fingerprint density at radius 2 is 1.93 bits per heavy atom. The van der Waals surface area contributed by atoms with E-state index in [1.807, 2.05) is 0 Å². The molecule has 0 aromatic heterocycles. The lowest BCUT2D eigenvalue weighted by Gasteiger charge is -2.03. The Morgan fingerprint density at radius 3 is 2.47 bits per heavy atom. The minimum atomic E-state index is -1.32. The first-order chi connectivity index (χ1) is 7.07. The van der Waals surface area contributed by atoms with E-state index in [4.69, 9.17) is 10.4 Å². The number of carboxylic acids is 1. The highest BCUT2D eigenvalue weighted by Crippen LogP contribution is 2.23. The molecule has 0 aliphatic heterocycles. The van der Waals surface area contributed by atoms with E-state index >= 15 is 0 Å². The van der Waals surface area contributed by atoms with Crippen molar-refractivity contribution in [2.45, 2.75) is 6.42 Å². The zero-order valence-electron chi connectivity index (χ0n) is 7.60. The molecule has 0 aliphatic rings. The zero-order valence-corrected chi connectivity index (χ0v) is 7.60. The molecule has 0 fully saturated rings. The van der Waals surface area contributed by atoms with Crippen molar-refractivity contribution >= 4 is 11.8 Å². The smallest absolute Gasteiger partial charge is 0.339 e. The molecule has 0 saturated heterocycles. The fourth-order valence-electron chi connectivity index (χ4n) is 1.11. The first kappa shape index (κ1) is 10.7. The van der Waals surface area contributed by atoms with Crippen molar-refractivity contribution in [3.63, 3.8) is 0 Å². The van der Waals surface area contributed by atoms with Gasteiger partial charge in [-0.2, -0.15) is 5.26 Å². The van der Waals surface area contributed by atoms with Crippen LogP contribution in [0.2, 0.25) is 0 Å². The maximum atomic E-state index is 11.3. The molecule has 0 aliphatic carbocycles. The third kappa shape index (κ3) is 2.11. The average Bonchev–Trinajstić information content (AvgIpc) is 2.17. The van der Waals surface area contributed by atoms with Gasteiger partial charge in [0.05, 0.1) is 18.1 Å². The van der Waals surface area contributed by atoms with E-state index in [0.717, 1.165) is 0 Å². The van der Waals surface area contributed by atoms with E-state index in [1.165, 1.54) is 18.2 Å². The van der Waals surface area contributed by atoms with Gasteiger partial charge in [-0.1, -0.05) is 6.07 Å². The van der Waals surface area contributed by atoms with Crippen molar-refractivity contribution in [2.75, 3.05) is 0 Å². The van der Waals surface area contributed by atoms with E-state index in [0.29, 0.717) is 0 Å². The van der Waals surface area contributed by atoms with Crippen LogP contribution in [-0.2, 0) is 0 Å². The van der Waals surface area contributed by atoms with Crippen molar-refractivity contribution in [3.05, 3.63) is 29.3 Å². The second kappa shape index (κ2) is 4.24. The van der Waals surface area contributed by atoms with E-state index < -0.39 is 23.9 Å². The molecule has 1 rings (SSSR count). The van der Waals surface area contributed by atoms with Gasteiger partial charge in [0, 0.05) is 0 Å². The number of aromatic carboxylic acids is 1. The number of phenols is 1. The van der Waals surface area contributed by atoms with Crippen LogP contribution in [0.5, 0.6) is 5.75 Å². The molecule has 0 atom stereocenters. The predicted molar refractivity (Wildman–Crippen MR) is 49.6 cm³/mol. The number of ketones is 1. The number of aromatic hydroxyl groups is 1. The molecule has 0 amide bonds. The number of para-hydroxylation sites is 1. The van der Waals surface area contributed by atoms with Gasteiger partial charge >= 0.3 is 5.97 Å². The van der Waals surface area contributed by atoms with Crippen LogP contribution in [-0.4, -0.2) is 22.0 Å². The third-order valence-corrected chi connectivity index (χ3v) is 1.81. The highest BCUT2D eigenvalue weighted by molar-refractivity contribution is 6.03. The molecule has 0 heterocycles. The van der Waals surface area contributed by atoms with Crippen LogP contribution in [0, 0.1) is 11.3 Å². The molecular formula is C10H7NO4. The Labute approximate surface area is 85.2 Å². The molecule has 0 radical (unpaired) electrons. The zero-order chi connectivity index (χ0) is 11.4. The van der Waals surface area contributed by atoms with E-state index in [-0.39, 0.29) is 11.1 Å². The van der Waals surface area contributed by atoms with Crippen molar-refractivity contribution in [1.82, 2.24) is 0 Å². The molecule has 5 nitrogen and oxygen atoms in total. The number of carbonyl (C=O) groups is 2. The summed E-state index contributed by atoms with van der Waals surface area (Å²) in [6, 6.07) is 5.44. The highest BCUT2D eigenvalue weighted by Gasteiger charge is 2.17. The van der Waals surface area contributed by atoms with Crippen molar-refractivity contribution < 1.29 is 19.8 Å². The number of hydrogen-bond donors (Lipinski definition) is 2. The molecule has 5 heteroatoms. The molecule has 0 unspecified atom stereocenters. The summed E-state index contributed by atoms with van der Waals surface area (Å²) in [5.74, 6) is -2.51. The Bertz CT molecular complexity index is 459. The summed E-state index contributed by atoms with van der Waals surface area (Å²) in [6.07, 6.45) is -0.392. The second-order valence-electron chi connectivity index (χ2n) is 2.76. The van der Waals surface area contributed by atoms with Crippen molar-refractivity contribution in [1.29, 1.82) is 5.26 Å². The molecule has 1 aromatic rings. The topological polar surface area (TPSA) is 98.4 Å². The van der Waals surface area contributed by atoms with Gasteiger partial charge in [-0.25, -0.2) is 4.79 Å². The molecule has 15 heavy (non-hydrogen) atoms. The maximum Gasteiger partial charge on any atom is 0.339 e. The molecule has 0 saturated carbocycles. The van der Waals surface area contributed by atoms with Crippen LogP contribution in [0.3, 0.4) is 0 Å². The lowest BCUT2D eigenvalue weighted by molar-refractivity contribution is 0.0693. The fraction of sp³-hybridized carbons (Fsp3) is 0.100. The van der Waals surface area contributed by atoms with Gasteiger partial charge in [0.1, 0.15) is 11.3 Å². The van der Waals surface area contributed by atoms with E-state index in [2.05, 4.69) is 0 Å². The average molecular weight is 205 g/mol. The second-order valence-corrected chi connectivity index (χ2v) is 2.76. The minimum absolute atomic E-state index is 0.142. The van der Waals surface area contributed by atoms with Crippen LogP contribution < -0.4 is 0 Å². The van der Waals surface area contributed by atoms with E-state index in [1.54, 1.807) is 6.07 Å². The molecule has 2 N–H and O–H groups in total. The summed E-state index contributed by atoms with van der Waals surface area (Å²) < 4.78 is 0. The van der Waals surface area contributed by atoms with Gasteiger partial charge in [-0.3, -0.25) is 4.79 Å². The van der Waals surface area contributed by atoms with E-state index in [9.17, 15) is 14.7 Å². The molecule has 0 spiro atoms. The van der Waals surface area contributed by atoms with Crippen molar-refractivity contribution in [3.8, 4) is 11.8 Å². The Morgan fingerprint density at radius 1 is 1.33 bits per heavy atom. The number of benzene rings is 1. The Balaban J connectivity index is 3.22. The number of hydrogen-bond acceptors (Lipinski definition) is 4. The molecular weight excluding hydrogens is 198 g/mol. The predicted octanol–water partition coefficient (Wildman–Crippen LogP) is 1.19. The van der Waals surface area contributed by atoms with Crippen LogP contribution in [0.1, 0.15) is 27.1 Å². The van der Waals surface area contributed by atoms with Gasteiger partial charge in [-0.05, 0) is 12.1 Å². The quantitative estimate of drug-likeness (QED) is 0.722. The van der Waals surface area contributed by atoms with Gasteiger partial charge < -0.3 is 10.2 Å². The van der Waals surface area contributed by atoms with Crippen LogP contribution in [0.4, 0.5) is 0 Å². The van der Waals surface area contributed by atoms with Gasteiger partial charge in [-0.15, -0.1) is 0 Å².